The number of aromatic nitrogens is 1. The van der Waals surface area contributed by atoms with Crippen LogP contribution in [0.4, 0.5) is 5.69 Å². The molecule has 0 aliphatic rings. The van der Waals surface area contributed by atoms with Crippen LogP contribution in [0.5, 0.6) is 0 Å². The summed E-state index contributed by atoms with van der Waals surface area (Å²) in [5.41, 5.74) is 0.675. The average Bonchev–Trinajstić information content (AvgIpc) is 2.31. The molecule has 0 aromatic carbocycles. The van der Waals surface area contributed by atoms with Crippen molar-refractivity contribution < 1.29 is 4.79 Å². The van der Waals surface area contributed by atoms with E-state index in [0.29, 0.717) is 11.6 Å². The van der Waals surface area contributed by atoms with Crippen molar-refractivity contribution in [2.45, 2.75) is 0 Å². The third-order valence-electron chi connectivity index (χ3n) is 1.82. The topological polar surface area (TPSA) is 78.4 Å². The van der Waals surface area contributed by atoms with Crippen molar-refractivity contribution in [2.24, 2.45) is 4.99 Å². The highest BCUT2D eigenvalue weighted by Gasteiger charge is 2.02. The van der Waals surface area contributed by atoms with Gasteiger partial charge in [-0.05, 0) is 12.1 Å². The van der Waals surface area contributed by atoms with E-state index in [9.17, 15) is 4.79 Å². The minimum absolute atomic E-state index is 0. The Labute approximate surface area is 117 Å². The second-order valence-corrected chi connectivity index (χ2v) is 2.97. The SMILES string of the molecule is CN=C(NC)NCC(=O)Nc1cccnc1.I. The zero-order valence-corrected chi connectivity index (χ0v) is 12.1. The zero-order valence-electron chi connectivity index (χ0n) is 9.73. The predicted molar refractivity (Wildman–Crippen MR) is 78.7 cm³/mol. The molecule has 0 unspecified atom stereocenters. The van der Waals surface area contributed by atoms with Crippen molar-refractivity contribution in [1.82, 2.24) is 15.6 Å². The molecule has 7 heteroatoms. The van der Waals surface area contributed by atoms with Crippen LogP contribution in [0, 0.1) is 0 Å². The molecule has 1 amide bonds. The van der Waals surface area contributed by atoms with Gasteiger partial charge in [0.15, 0.2) is 5.96 Å². The van der Waals surface area contributed by atoms with E-state index in [1.54, 1.807) is 38.6 Å². The molecule has 1 aromatic rings. The molecule has 1 rings (SSSR count). The summed E-state index contributed by atoms with van der Waals surface area (Å²) in [6.07, 6.45) is 3.24. The van der Waals surface area contributed by atoms with Gasteiger partial charge in [0.05, 0.1) is 18.4 Å². The number of rotatable bonds is 3. The van der Waals surface area contributed by atoms with E-state index >= 15 is 0 Å². The van der Waals surface area contributed by atoms with Crippen molar-refractivity contribution >= 4 is 41.5 Å². The van der Waals surface area contributed by atoms with Crippen LogP contribution in [0.25, 0.3) is 0 Å². The Balaban J connectivity index is 0.00000256. The van der Waals surface area contributed by atoms with Crippen molar-refractivity contribution in [3.05, 3.63) is 24.5 Å². The van der Waals surface area contributed by atoms with Crippen LogP contribution in [0.2, 0.25) is 0 Å². The fourth-order valence-corrected chi connectivity index (χ4v) is 1.09. The van der Waals surface area contributed by atoms with Gasteiger partial charge in [0.2, 0.25) is 5.91 Å². The number of pyridine rings is 1. The third-order valence-corrected chi connectivity index (χ3v) is 1.82. The zero-order chi connectivity index (χ0) is 11.8. The van der Waals surface area contributed by atoms with Gasteiger partial charge in [-0.15, -0.1) is 24.0 Å². The Kier molecular flexibility index (Phi) is 8.03. The van der Waals surface area contributed by atoms with Gasteiger partial charge in [0.25, 0.3) is 0 Å². The van der Waals surface area contributed by atoms with Crippen LogP contribution in [0.3, 0.4) is 0 Å². The third kappa shape index (κ3) is 6.05. The first-order valence-electron chi connectivity index (χ1n) is 4.84. The molecular formula is C10H16IN5O. The van der Waals surface area contributed by atoms with Crippen LogP contribution >= 0.6 is 24.0 Å². The maximum absolute atomic E-state index is 11.5. The largest absolute Gasteiger partial charge is 0.359 e. The van der Waals surface area contributed by atoms with Crippen LogP contribution in [0.15, 0.2) is 29.5 Å². The molecule has 0 saturated carbocycles. The van der Waals surface area contributed by atoms with E-state index < -0.39 is 0 Å². The lowest BCUT2D eigenvalue weighted by molar-refractivity contribution is -0.115. The van der Waals surface area contributed by atoms with Gasteiger partial charge in [-0.2, -0.15) is 0 Å². The van der Waals surface area contributed by atoms with Gasteiger partial charge >= 0.3 is 0 Å². The van der Waals surface area contributed by atoms with Gasteiger partial charge in [0.1, 0.15) is 0 Å². The summed E-state index contributed by atoms with van der Waals surface area (Å²) in [5.74, 6) is 0.422. The number of anilines is 1. The molecule has 0 fully saturated rings. The normalized spacial score (nSPS) is 10.1. The van der Waals surface area contributed by atoms with Crippen LogP contribution in [0.1, 0.15) is 0 Å². The summed E-state index contributed by atoms with van der Waals surface area (Å²) in [6, 6.07) is 3.54. The van der Waals surface area contributed by atoms with E-state index in [4.69, 9.17) is 0 Å². The fraction of sp³-hybridized carbons (Fsp3) is 0.300. The number of guanidine groups is 1. The average molecular weight is 349 g/mol. The van der Waals surface area contributed by atoms with Gasteiger partial charge in [-0.1, -0.05) is 0 Å². The van der Waals surface area contributed by atoms with E-state index in [2.05, 4.69) is 25.9 Å². The smallest absolute Gasteiger partial charge is 0.243 e. The Morgan fingerprint density at radius 1 is 1.53 bits per heavy atom. The van der Waals surface area contributed by atoms with Crippen LogP contribution in [-0.4, -0.2) is 37.5 Å². The summed E-state index contributed by atoms with van der Waals surface area (Å²) in [5, 5.41) is 8.36. The van der Waals surface area contributed by atoms with Crippen LogP contribution < -0.4 is 16.0 Å². The Hall–Kier alpha value is -1.38. The van der Waals surface area contributed by atoms with E-state index in [-0.39, 0.29) is 36.4 Å². The number of hydrogen-bond donors (Lipinski definition) is 3. The summed E-state index contributed by atoms with van der Waals surface area (Å²) < 4.78 is 0. The molecular weight excluding hydrogens is 333 g/mol. The summed E-state index contributed by atoms with van der Waals surface area (Å²) in [7, 11) is 3.37. The first-order valence-corrected chi connectivity index (χ1v) is 4.84. The van der Waals surface area contributed by atoms with Gasteiger partial charge < -0.3 is 16.0 Å². The van der Waals surface area contributed by atoms with Crippen molar-refractivity contribution in [3.63, 3.8) is 0 Å². The monoisotopic (exact) mass is 349 g/mol. The van der Waals surface area contributed by atoms with Gasteiger partial charge in [0, 0.05) is 20.3 Å². The maximum Gasteiger partial charge on any atom is 0.243 e. The first-order chi connectivity index (χ1) is 7.76. The number of nitrogens with one attached hydrogen (secondary N) is 3. The molecule has 0 atom stereocenters. The molecule has 0 saturated heterocycles. The molecule has 1 aromatic heterocycles. The Bertz CT molecular complexity index is 368. The summed E-state index contributed by atoms with van der Waals surface area (Å²) in [4.78, 5) is 19.2. The number of amides is 1. The minimum Gasteiger partial charge on any atom is -0.359 e. The predicted octanol–water partition coefficient (Wildman–Crippen LogP) is 0.433. The number of carbonyl (C=O) groups is 1. The fourth-order valence-electron chi connectivity index (χ4n) is 1.09. The van der Waals surface area contributed by atoms with Gasteiger partial charge in [-0.3, -0.25) is 14.8 Å². The van der Waals surface area contributed by atoms with Crippen molar-refractivity contribution in [1.29, 1.82) is 0 Å². The molecule has 0 aliphatic carbocycles. The Morgan fingerprint density at radius 2 is 2.29 bits per heavy atom. The number of nitrogens with zero attached hydrogens (tertiary/aromatic N) is 2. The molecule has 3 N–H and O–H groups in total. The minimum atomic E-state index is -0.149. The van der Waals surface area contributed by atoms with Crippen molar-refractivity contribution in [3.8, 4) is 0 Å². The molecule has 0 spiro atoms. The summed E-state index contributed by atoms with van der Waals surface area (Å²) in [6.45, 7) is 0.155. The standard InChI is InChI=1S/C10H15N5O.HI/c1-11-10(12-2)14-7-9(16)15-8-4-3-5-13-6-8;/h3-6H,7H2,1-2H3,(H,15,16)(H2,11,12,14);1H. The highest BCUT2D eigenvalue weighted by molar-refractivity contribution is 14.0. The number of aliphatic imine (C=N–C) groups is 1. The molecule has 1 heterocycles. The molecule has 0 bridgehead atoms. The van der Waals surface area contributed by atoms with Crippen molar-refractivity contribution in [2.75, 3.05) is 26.0 Å². The lowest BCUT2D eigenvalue weighted by Crippen LogP contribution is -2.39. The van der Waals surface area contributed by atoms with E-state index in [1.165, 1.54) is 0 Å². The number of halogens is 1. The molecule has 0 radical (unpaired) electrons. The van der Waals surface area contributed by atoms with Crippen LogP contribution in [-0.2, 0) is 4.79 Å². The quantitative estimate of drug-likeness (QED) is 0.420. The lowest BCUT2D eigenvalue weighted by Gasteiger charge is -2.08. The highest BCUT2D eigenvalue weighted by atomic mass is 127. The number of hydrogen-bond acceptors (Lipinski definition) is 3. The summed E-state index contributed by atoms with van der Waals surface area (Å²) >= 11 is 0. The second kappa shape index (κ2) is 8.74. The second-order valence-electron chi connectivity index (χ2n) is 2.97. The van der Waals surface area contributed by atoms with E-state index in [1.807, 2.05) is 0 Å². The first kappa shape index (κ1) is 15.6. The molecule has 0 aliphatic heterocycles. The number of carbonyl (C=O) groups excluding carboxylic acids is 1. The molecule has 94 valence electrons. The Morgan fingerprint density at radius 3 is 2.82 bits per heavy atom. The van der Waals surface area contributed by atoms with Gasteiger partial charge in [-0.25, -0.2) is 0 Å². The molecule has 17 heavy (non-hydrogen) atoms. The molecule has 6 nitrogen and oxygen atoms in total. The maximum atomic E-state index is 11.5. The van der Waals surface area contributed by atoms with E-state index in [0.717, 1.165) is 0 Å². The highest BCUT2D eigenvalue weighted by Crippen LogP contribution is 2.01. The lowest BCUT2D eigenvalue weighted by atomic mass is 10.4.